The van der Waals surface area contributed by atoms with Crippen molar-refractivity contribution in [2.75, 3.05) is 13.2 Å². The monoisotopic (exact) mass is 254 g/mol. The molecule has 1 heterocycles. The Morgan fingerprint density at radius 3 is 2.61 bits per heavy atom. The minimum Gasteiger partial charge on any atom is -0.396 e. The topological polar surface area (TPSA) is 75.4 Å². The van der Waals surface area contributed by atoms with E-state index in [2.05, 4.69) is 24.3 Å². The lowest BCUT2D eigenvalue weighted by Gasteiger charge is -2.31. The summed E-state index contributed by atoms with van der Waals surface area (Å²) in [6.07, 6.45) is 2.52. The Morgan fingerprint density at radius 2 is 2.17 bits per heavy atom. The molecule has 5 nitrogen and oxygen atoms in total. The number of aryl methyl sites for hydroxylation is 1. The van der Waals surface area contributed by atoms with E-state index in [1.54, 1.807) is 13.0 Å². The molecule has 0 aliphatic carbocycles. The molecule has 0 spiro atoms. The van der Waals surface area contributed by atoms with Crippen LogP contribution in [-0.4, -0.2) is 29.3 Å². The summed E-state index contributed by atoms with van der Waals surface area (Å²) in [7, 11) is 0. The highest BCUT2D eigenvalue weighted by atomic mass is 16.5. The van der Waals surface area contributed by atoms with Crippen LogP contribution in [0.25, 0.3) is 0 Å². The van der Waals surface area contributed by atoms with Crippen LogP contribution in [0.3, 0.4) is 0 Å². The van der Waals surface area contributed by atoms with Crippen molar-refractivity contribution in [3.63, 3.8) is 0 Å². The maximum absolute atomic E-state index is 11.8. The van der Waals surface area contributed by atoms with Gasteiger partial charge in [-0.05, 0) is 31.6 Å². The van der Waals surface area contributed by atoms with Gasteiger partial charge in [0, 0.05) is 19.2 Å². The molecule has 2 N–H and O–H groups in total. The first-order chi connectivity index (χ1) is 8.56. The fourth-order valence-electron chi connectivity index (χ4n) is 2.00. The van der Waals surface area contributed by atoms with Gasteiger partial charge in [-0.2, -0.15) is 0 Å². The molecule has 0 bridgehead atoms. The molecule has 0 aromatic carbocycles. The van der Waals surface area contributed by atoms with Crippen LogP contribution in [0.5, 0.6) is 0 Å². The van der Waals surface area contributed by atoms with Gasteiger partial charge in [-0.3, -0.25) is 4.79 Å². The van der Waals surface area contributed by atoms with Crippen molar-refractivity contribution in [3.8, 4) is 0 Å². The van der Waals surface area contributed by atoms with Crippen molar-refractivity contribution in [1.29, 1.82) is 0 Å². The fraction of sp³-hybridized carbons (Fsp3) is 0.692. The number of nitrogens with one attached hydrogen (secondary N) is 1. The van der Waals surface area contributed by atoms with Gasteiger partial charge in [-0.1, -0.05) is 19.0 Å². The predicted octanol–water partition coefficient (Wildman–Crippen LogP) is 1.90. The number of aromatic nitrogens is 1. The largest absolute Gasteiger partial charge is 0.396 e. The van der Waals surface area contributed by atoms with Crippen molar-refractivity contribution in [2.45, 2.75) is 40.0 Å². The van der Waals surface area contributed by atoms with Gasteiger partial charge in [-0.25, -0.2) is 0 Å². The Morgan fingerprint density at radius 1 is 1.50 bits per heavy atom. The zero-order chi connectivity index (χ0) is 13.6. The number of carbonyl (C=O) groups excluding carboxylic acids is 1. The zero-order valence-electron chi connectivity index (χ0n) is 11.3. The molecule has 0 fully saturated rings. The van der Waals surface area contributed by atoms with Gasteiger partial charge < -0.3 is 14.9 Å². The molecule has 5 heteroatoms. The second-order valence-corrected chi connectivity index (χ2v) is 4.70. The van der Waals surface area contributed by atoms with E-state index in [-0.39, 0.29) is 23.7 Å². The van der Waals surface area contributed by atoms with E-state index in [9.17, 15) is 4.79 Å². The molecule has 1 aromatic rings. The molecule has 1 aromatic heterocycles. The number of carbonyl (C=O) groups is 1. The molecule has 0 aliphatic rings. The average molecular weight is 254 g/mol. The van der Waals surface area contributed by atoms with Gasteiger partial charge in [0.1, 0.15) is 0 Å². The molecular formula is C13H22N2O3. The smallest absolute Gasteiger partial charge is 0.289 e. The zero-order valence-corrected chi connectivity index (χ0v) is 11.3. The highest BCUT2D eigenvalue weighted by Crippen LogP contribution is 2.29. The van der Waals surface area contributed by atoms with E-state index in [1.165, 1.54) is 0 Å². The Hall–Kier alpha value is -1.36. The van der Waals surface area contributed by atoms with E-state index >= 15 is 0 Å². The van der Waals surface area contributed by atoms with Crippen LogP contribution in [0.4, 0.5) is 0 Å². The number of hydrogen-bond acceptors (Lipinski definition) is 4. The van der Waals surface area contributed by atoms with Crippen LogP contribution >= 0.6 is 0 Å². The maximum Gasteiger partial charge on any atom is 0.289 e. The van der Waals surface area contributed by atoms with E-state index in [4.69, 9.17) is 9.63 Å². The van der Waals surface area contributed by atoms with Crippen LogP contribution in [0.15, 0.2) is 10.6 Å². The Bertz CT molecular complexity index is 383. The first-order valence-corrected chi connectivity index (χ1v) is 6.39. The summed E-state index contributed by atoms with van der Waals surface area (Å²) in [6, 6.07) is 1.61. The summed E-state index contributed by atoms with van der Waals surface area (Å²) in [5.74, 6) is -0.0163. The van der Waals surface area contributed by atoms with Crippen molar-refractivity contribution >= 4 is 5.91 Å². The van der Waals surface area contributed by atoms with Gasteiger partial charge >= 0.3 is 0 Å². The molecule has 0 unspecified atom stereocenters. The standard InChI is InChI=1S/C13H22N2O3/c1-4-13(5-2,6-7-16)9-14-12(17)11-8-10(3)15-18-11/h8,16H,4-7,9H2,1-3H3,(H,14,17). The number of nitrogens with zero attached hydrogens (tertiary/aromatic N) is 1. The quantitative estimate of drug-likeness (QED) is 0.779. The summed E-state index contributed by atoms with van der Waals surface area (Å²) in [6.45, 7) is 6.60. The summed E-state index contributed by atoms with van der Waals surface area (Å²) in [4.78, 5) is 11.8. The number of hydrogen-bond donors (Lipinski definition) is 2. The average Bonchev–Trinajstić information content (AvgIpc) is 2.81. The molecule has 0 saturated carbocycles. The normalized spacial score (nSPS) is 11.6. The number of rotatable bonds is 7. The van der Waals surface area contributed by atoms with Crippen molar-refractivity contribution in [2.24, 2.45) is 5.41 Å². The van der Waals surface area contributed by atoms with Gasteiger partial charge in [-0.15, -0.1) is 0 Å². The van der Waals surface area contributed by atoms with E-state index in [0.717, 1.165) is 12.8 Å². The second kappa shape index (κ2) is 6.54. The SMILES string of the molecule is CCC(CC)(CCO)CNC(=O)c1cc(C)no1. The molecule has 18 heavy (non-hydrogen) atoms. The summed E-state index contributed by atoms with van der Waals surface area (Å²) in [5.41, 5.74) is 0.646. The van der Waals surface area contributed by atoms with Crippen molar-refractivity contribution < 1.29 is 14.4 Å². The van der Waals surface area contributed by atoms with Crippen molar-refractivity contribution in [1.82, 2.24) is 10.5 Å². The fourth-order valence-corrected chi connectivity index (χ4v) is 2.00. The van der Waals surface area contributed by atoms with Gasteiger partial charge in [0.05, 0.1) is 5.69 Å². The molecule has 102 valence electrons. The van der Waals surface area contributed by atoms with Crippen LogP contribution in [0, 0.1) is 12.3 Å². The maximum atomic E-state index is 11.8. The highest BCUT2D eigenvalue weighted by Gasteiger charge is 2.26. The predicted molar refractivity (Wildman–Crippen MR) is 68.3 cm³/mol. The van der Waals surface area contributed by atoms with E-state index in [1.807, 2.05) is 0 Å². The number of aliphatic hydroxyl groups excluding tert-OH is 1. The first-order valence-electron chi connectivity index (χ1n) is 6.39. The van der Waals surface area contributed by atoms with E-state index < -0.39 is 0 Å². The lowest BCUT2D eigenvalue weighted by Crippen LogP contribution is -2.37. The molecular weight excluding hydrogens is 232 g/mol. The van der Waals surface area contributed by atoms with Crippen LogP contribution in [-0.2, 0) is 0 Å². The Balaban J connectivity index is 2.59. The van der Waals surface area contributed by atoms with Gasteiger partial charge in [0.15, 0.2) is 0 Å². The van der Waals surface area contributed by atoms with Crippen LogP contribution < -0.4 is 5.32 Å². The molecule has 1 rings (SSSR count). The molecule has 1 amide bonds. The number of aliphatic hydroxyl groups is 1. The van der Waals surface area contributed by atoms with Gasteiger partial charge in [0.2, 0.25) is 5.76 Å². The minimum atomic E-state index is -0.250. The molecule has 0 radical (unpaired) electrons. The third-order valence-electron chi connectivity index (χ3n) is 3.62. The van der Waals surface area contributed by atoms with Crippen molar-refractivity contribution in [3.05, 3.63) is 17.5 Å². The third kappa shape index (κ3) is 3.57. The molecule has 0 aliphatic heterocycles. The molecule has 0 saturated heterocycles. The highest BCUT2D eigenvalue weighted by molar-refractivity contribution is 5.91. The Kier molecular flexibility index (Phi) is 5.34. The minimum absolute atomic E-state index is 0.0422. The third-order valence-corrected chi connectivity index (χ3v) is 3.62. The number of amides is 1. The molecule has 0 atom stereocenters. The summed E-state index contributed by atoms with van der Waals surface area (Å²) < 4.78 is 4.91. The summed E-state index contributed by atoms with van der Waals surface area (Å²) >= 11 is 0. The lowest BCUT2D eigenvalue weighted by atomic mass is 9.79. The summed E-state index contributed by atoms with van der Waals surface area (Å²) in [5, 5.41) is 15.6. The second-order valence-electron chi connectivity index (χ2n) is 4.70. The Labute approximate surface area is 108 Å². The van der Waals surface area contributed by atoms with Crippen LogP contribution in [0.1, 0.15) is 49.4 Å². The van der Waals surface area contributed by atoms with Gasteiger partial charge in [0.25, 0.3) is 5.91 Å². The van der Waals surface area contributed by atoms with E-state index in [0.29, 0.717) is 18.7 Å². The lowest BCUT2D eigenvalue weighted by molar-refractivity contribution is 0.0871. The first kappa shape index (κ1) is 14.7. The van der Waals surface area contributed by atoms with Crippen LogP contribution in [0.2, 0.25) is 0 Å².